The Hall–Kier alpha value is -3.28. The van der Waals surface area contributed by atoms with Crippen LogP contribution in [0.4, 0.5) is 13.2 Å². The van der Waals surface area contributed by atoms with E-state index in [4.69, 9.17) is 10.6 Å². The third-order valence-electron chi connectivity index (χ3n) is 5.31. The molecule has 2 aromatic heterocycles. The lowest BCUT2D eigenvalue weighted by atomic mass is 10.2. The molecule has 2 aliphatic rings. The summed E-state index contributed by atoms with van der Waals surface area (Å²) >= 11 is 0. The summed E-state index contributed by atoms with van der Waals surface area (Å²) in [7, 11) is 0. The number of nitrogen functional groups attached to an aromatic ring is 1. The molecular weight excluding hydrogens is 405 g/mol. The molecule has 0 radical (unpaired) electrons. The first-order valence-corrected chi connectivity index (χ1v) is 9.07. The molecular formula is C18H17F3N6O3. The van der Waals surface area contributed by atoms with Crippen LogP contribution in [0, 0.1) is 17.8 Å². The summed E-state index contributed by atoms with van der Waals surface area (Å²) in [4.78, 5) is 37.1. The van der Waals surface area contributed by atoms with E-state index in [9.17, 15) is 22.8 Å². The second kappa shape index (κ2) is 7.52. The highest BCUT2D eigenvalue weighted by molar-refractivity contribution is 5.95. The van der Waals surface area contributed by atoms with Crippen LogP contribution in [-0.4, -0.2) is 51.4 Å². The van der Waals surface area contributed by atoms with Gasteiger partial charge in [-0.3, -0.25) is 20.0 Å². The predicted octanol–water partition coefficient (Wildman–Crippen LogP) is 0.891. The van der Waals surface area contributed by atoms with Crippen molar-refractivity contribution in [3.05, 3.63) is 47.7 Å². The Morgan fingerprint density at radius 2 is 1.87 bits per heavy atom. The van der Waals surface area contributed by atoms with Gasteiger partial charge in [0.25, 0.3) is 11.8 Å². The Morgan fingerprint density at radius 3 is 2.53 bits per heavy atom. The number of pyridine rings is 1. The van der Waals surface area contributed by atoms with Crippen molar-refractivity contribution in [3.8, 4) is 5.88 Å². The second-order valence-corrected chi connectivity index (χ2v) is 7.13. The molecule has 1 saturated heterocycles. The summed E-state index contributed by atoms with van der Waals surface area (Å²) in [5.41, 5.74) is 0.905. The molecule has 3 atom stereocenters. The first-order chi connectivity index (χ1) is 14.3. The van der Waals surface area contributed by atoms with Crippen molar-refractivity contribution < 1.29 is 27.5 Å². The third-order valence-corrected chi connectivity index (χ3v) is 5.31. The molecule has 1 aliphatic carbocycles. The molecule has 0 aromatic carbocycles. The molecule has 1 saturated carbocycles. The number of hydrazine groups is 1. The SMILES string of the molecule is NNC(=O)c1cncc(C(=O)N2C[C@@H]3C(COc4cccc(C(F)(F)F)n4)[C@@H]3C2)n1. The fourth-order valence-corrected chi connectivity index (χ4v) is 3.71. The molecule has 2 amide bonds. The highest BCUT2D eigenvalue weighted by Crippen LogP contribution is 2.51. The van der Waals surface area contributed by atoms with Crippen molar-refractivity contribution >= 4 is 11.8 Å². The zero-order chi connectivity index (χ0) is 21.5. The van der Waals surface area contributed by atoms with E-state index in [0.29, 0.717) is 13.1 Å². The molecule has 4 rings (SSSR count). The van der Waals surface area contributed by atoms with Crippen LogP contribution in [0.25, 0.3) is 0 Å². The molecule has 1 aliphatic heterocycles. The lowest BCUT2D eigenvalue weighted by Gasteiger charge is -2.19. The van der Waals surface area contributed by atoms with Crippen LogP contribution in [-0.2, 0) is 6.18 Å². The Bertz CT molecular complexity index is 974. The maximum Gasteiger partial charge on any atom is 0.433 e. The minimum absolute atomic E-state index is 0.0402. The zero-order valence-electron chi connectivity index (χ0n) is 15.5. The number of hydrogen-bond acceptors (Lipinski definition) is 7. The fraction of sp³-hybridized carbons (Fsp3) is 0.389. The summed E-state index contributed by atoms with van der Waals surface area (Å²) in [5.74, 6) is 4.52. The van der Waals surface area contributed by atoms with Gasteiger partial charge in [-0.05, 0) is 17.9 Å². The zero-order valence-corrected chi connectivity index (χ0v) is 15.5. The number of nitrogens with two attached hydrogens (primary N) is 1. The minimum Gasteiger partial charge on any atom is -0.477 e. The van der Waals surface area contributed by atoms with Crippen molar-refractivity contribution in [1.29, 1.82) is 0 Å². The van der Waals surface area contributed by atoms with Crippen LogP contribution in [0.15, 0.2) is 30.6 Å². The highest BCUT2D eigenvalue weighted by Gasteiger charge is 2.57. The largest absolute Gasteiger partial charge is 0.477 e. The maximum atomic E-state index is 12.7. The minimum atomic E-state index is -4.53. The quantitative estimate of drug-likeness (QED) is 0.417. The molecule has 2 aromatic rings. The number of nitrogens with zero attached hydrogens (tertiary/aromatic N) is 4. The lowest BCUT2D eigenvalue weighted by Crippen LogP contribution is -2.34. The predicted molar refractivity (Wildman–Crippen MR) is 94.8 cm³/mol. The molecule has 0 bridgehead atoms. The van der Waals surface area contributed by atoms with E-state index in [2.05, 4.69) is 15.0 Å². The van der Waals surface area contributed by atoms with Crippen molar-refractivity contribution in [3.63, 3.8) is 0 Å². The summed E-state index contributed by atoms with van der Waals surface area (Å²) in [6.45, 7) is 1.18. The molecule has 12 heteroatoms. The first kappa shape index (κ1) is 20.0. The monoisotopic (exact) mass is 422 g/mol. The summed E-state index contributed by atoms with van der Waals surface area (Å²) in [6.07, 6.45) is -2.05. The molecule has 30 heavy (non-hydrogen) atoms. The molecule has 3 heterocycles. The van der Waals surface area contributed by atoms with Gasteiger partial charge in [-0.1, -0.05) is 6.07 Å². The Balaban J connectivity index is 1.31. The second-order valence-electron chi connectivity index (χ2n) is 7.13. The van der Waals surface area contributed by atoms with Crippen molar-refractivity contribution in [2.24, 2.45) is 23.6 Å². The average molecular weight is 422 g/mol. The number of likely N-dealkylation sites (tertiary alicyclic amines) is 1. The molecule has 1 unspecified atom stereocenters. The summed E-state index contributed by atoms with van der Waals surface area (Å²) < 4.78 is 43.6. The summed E-state index contributed by atoms with van der Waals surface area (Å²) in [6, 6.07) is 3.52. The van der Waals surface area contributed by atoms with Gasteiger partial charge in [-0.25, -0.2) is 15.8 Å². The van der Waals surface area contributed by atoms with Gasteiger partial charge in [0.2, 0.25) is 5.88 Å². The van der Waals surface area contributed by atoms with Crippen molar-refractivity contribution in [2.75, 3.05) is 19.7 Å². The number of halogens is 3. The van der Waals surface area contributed by atoms with E-state index in [0.717, 1.165) is 6.07 Å². The van der Waals surface area contributed by atoms with Gasteiger partial charge in [0.05, 0.1) is 19.0 Å². The average Bonchev–Trinajstić information content (AvgIpc) is 3.19. The van der Waals surface area contributed by atoms with Gasteiger partial charge in [0, 0.05) is 25.1 Å². The number of alkyl halides is 3. The Kier molecular flexibility index (Phi) is 5.02. The number of rotatable bonds is 5. The number of carbonyl (C=O) groups is 2. The molecule has 158 valence electrons. The maximum absolute atomic E-state index is 12.7. The number of nitrogens with one attached hydrogen (secondary N) is 1. The van der Waals surface area contributed by atoms with E-state index in [-0.39, 0.29) is 47.5 Å². The number of aromatic nitrogens is 3. The van der Waals surface area contributed by atoms with Gasteiger partial charge in [-0.15, -0.1) is 0 Å². The molecule has 2 fully saturated rings. The third kappa shape index (κ3) is 3.90. The number of ether oxygens (including phenoxy) is 1. The number of piperidine rings is 1. The van der Waals surface area contributed by atoms with E-state index < -0.39 is 17.8 Å². The Labute approximate surface area is 168 Å². The molecule has 3 N–H and O–H groups in total. The van der Waals surface area contributed by atoms with E-state index >= 15 is 0 Å². The summed E-state index contributed by atoms with van der Waals surface area (Å²) in [5, 5.41) is 0. The van der Waals surface area contributed by atoms with Crippen LogP contribution in [0.3, 0.4) is 0 Å². The van der Waals surface area contributed by atoms with Gasteiger partial charge < -0.3 is 9.64 Å². The fourth-order valence-electron chi connectivity index (χ4n) is 3.71. The van der Waals surface area contributed by atoms with E-state index in [1.807, 2.05) is 5.43 Å². The van der Waals surface area contributed by atoms with Gasteiger partial charge in [0.1, 0.15) is 17.1 Å². The number of hydrogen-bond donors (Lipinski definition) is 2. The van der Waals surface area contributed by atoms with Crippen LogP contribution >= 0.6 is 0 Å². The number of fused-ring (bicyclic) bond motifs is 1. The number of amides is 2. The first-order valence-electron chi connectivity index (χ1n) is 9.07. The molecule has 0 spiro atoms. The highest BCUT2D eigenvalue weighted by atomic mass is 19.4. The van der Waals surface area contributed by atoms with E-state index in [1.54, 1.807) is 4.90 Å². The van der Waals surface area contributed by atoms with Crippen molar-refractivity contribution in [1.82, 2.24) is 25.3 Å². The van der Waals surface area contributed by atoms with Gasteiger partial charge >= 0.3 is 6.18 Å². The van der Waals surface area contributed by atoms with Crippen LogP contribution in [0.2, 0.25) is 0 Å². The standard InChI is InChI=1S/C18H17F3N6O3/c19-18(20,21)14-2-1-3-15(25-14)30-8-11-9-6-27(7-10(9)11)17(29)13-5-23-4-12(24-13)16(28)26-22/h1-5,9-11H,6-8,22H2,(H,26,28)/t9-,10+,11?. The lowest BCUT2D eigenvalue weighted by molar-refractivity contribution is -0.141. The van der Waals surface area contributed by atoms with Crippen molar-refractivity contribution in [2.45, 2.75) is 6.18 Å². The van der Waals surface area contributed by atoms with Gasteiger partial charge in [-0.2, -0.15) is 13.2 Å². The van der Waals surface area contributed by atoms with Crippen LogP contribution in [0.5, 0.6) is 5.88 Å². The van der Waals surface area contributed by atoms with Gasteiger partial charge in [0.15, 0.2) is 0 Å². The number of carbonyl (C=O) groups excluding carboxylic acids is 2. The van der Waals surface area contributed by atoms with Crippen LogP contribution < -0.4 is 16.0 Å². The Morgan fingerprint density at radius 1 is 1.17 bits per heavy atom. The van der Waals surface area contributed by atoms with Crippen LogP contribution in [0.1, 0.15) is 26.7 Å². The normalized spacial score (nSPS) is 22.4. The smallest absolute Gasteiger partial charge is 0.433 e. The van der Waals surface area contributed by atoms with E-state index in [1.165, 1.54) is 24.5 Å². The molecule has 9 nitrogen and oxygen atoms in total. The topological polar surface area (TPSA) is 123 Å².